The van der Waals surface area contributed by atoms with Crippen molar-refractivity contribution >= 4 is 5.97 Å². The number of hydrogen-bond acceptors (Lipinski definition) is 2. The first-order valence-electron chi connectivity index (χ1n) is 5.70. The Morgan fingerprint density at radius 2 is 1.69 bits per heavy atom. The fourth-order valence-electron chi connectivity index (χ4n) is 0.925. The van der Waals surface area contributed by atoms with Gasteiger partial charge in [0.15, 0.2) is 0 Å². The molecule has 3 nitrogen and oxygen atoms in total. The molecule has 0 fully saturated rings. The van der Waals surface area contributed by atoms with E-state index in [-0.39, 0.29) is 5.56 Å². The third-order valence-electron chi connectivity index (χ3n) is 1.42. The van der Waals surface area contributed by atoms with Crippen LogP contribution in [0.1, 0.15) is 45.0 Å². The Kier molecular flexibility index (Phi) is 12.2. The van der Waals surface area contributed by atoms with Gasteiger partial charge >= 0.3 is 5.97 Å². The Balaban J connectivity index is 0. The second-order valence-corrected chi connectivity index (χ2v) is 2.23. The van der Waals surface area contributed by atoms with E-state index in [0.29, 0.717) is 12.4 Å². The molecule has 0 unspecified atom stereocenters. The molecule has 0 aliphatic carbocycles. The fourth-order valence-corrected chi connectivity index (χ4v) is 0.925. The second-order valence-electron chi connectivity index (χ2n) is 2.23. The number of carboxylic acid groups (broad SMARTS) is 1. The number of ether oxygens (including phenoxy) is 1. The van der Waals surface area contributed by atoms with Crippen LogP contribution in [0.2, 0.25) is 0 Å². The maximum Gasteiger partial charge on any atom is 0.339 e. The molecule has 1 aromatic carbocycles. The number of hydrogen-bond donors (Lipinski definition) is 1. The highest BCUT2D eigenvalue weighted by molar-refractivity contribution is 5.90. The lowest BCUT2D eigenvalue weighted by Crippen LogP contribution is -2.01. The van der Waals surface area contributed by atoms with E-state index in [9.17, 15) is 4.79 Å². The molecule has 0 aromatic heterocycles. The predicted octanol–water partition coefficient (Wildman–Crippen LogP) is 3.84. The molecule has 0 heterocycles. The maximum atomic E-state index is 10.6. The van der Waals surface area contributed by atoms with Gasteiger partial charge in [-0.1, -0.05) is 39.8 Å². The Hall–Kier alpha value is -1.51. The number of benzene rings is 1. The van der Waals surface area contributed by atoms with E-state index < -0.39 is 5.97 Å². The van der Waals surface area contributed by atoms with Crippen LogP contribution in [0.4, 0.5) is 0 Å². The molecular weight excluding hydrogens is 204 g/mol. The minimum atomic E-state index is -0.959. The van der Waals surface area contributed by atoms with Crippen molar-refractivity contribution in [2.75, 3.05) is 6.61 Å². The lowest BCUT2D eigenvalue weighted by atomic mass is 10.2. The van der Waals surface area contributed by atoms with Crippen LogP contribution in [-0.4, -0.2) is 17.7 Å². The fraction of sp³-hybridized carbons (Fsp3) is 0.462. The molecule has 0 bridgehead atoms. The molecule has 0 radical (unpaired) electrons. The topological polar surface area (TPSA) is 46.5 Å². The van der Waals surface area contributed by atoms with Gasteiger partial charge in [0.25, 0.3) is 0 Å². The SMILES string of the molecule is CC.CC.CCOc1ccccc1C(=O)O. The van der Waals surface area contributed by atoms with Crippen LogP contribution in [0.25, 0.3) is 0 Å². The van der Waals surface area contributed by atoms with Crippen LogP contribution < -0.4 is 4.74 Å². The highest BCUT2D eigenvalue weighted by Crippen LogP contribution is 2.17. The van der Waals surface area contributed by atoms with Crippen molar-refractivity contribution in [1.29, 1.82) is 0 Å². The molecule has 0 saturated heterocycles. The molecule has 16 heavy (non-hydrogen) atoms. The van der Waals surface area contributed by atoms with Crippen molar-refractivity contribution in [2.45, 2.75) is 34.6 Å². The minimum Gasteiger partial charge on any atom is -0.493 e. The van der Waals surface area contributed by atoms with Gasteiger partial charge in [0.05, 0.1) is 6.61 Å². The Labute approximate surface area is 98.1 Å². The van der Waals surface area contributed by atoms with Crippen molar-refractivity contribution in [3.05, 3.63) is 29.8 Å². The zero-order valence-corrected chi connectivity index (χ0v) is 10.8. The number of para-hydroxylation sites is 1. The van der Waals surface area contributed by atoms with Crippen molar-refractivity contribution in [3.63, 3.8) is 0 Å². The van der Waals surface area contributed by atoms with Crippen molar-refractivity contribution in [2.24, 2.45) is 0 Å². The summed E-state index contributed by atoms with van der Waals surface area (Å²) in [6.07, 6.45) is 0. The van der Waals surface area contributed by atoms with Crippen LogP contribution in [0.5, 0.6) is 5.75 Å². The van der Waals surface area contributed by atoms with Gasteiger partial charge in [-0.05, 0) is 19.1 Å². The zero-order valence-electron chi connectivity index (χ0n) is 10.8. The summed E-state index contributed by atoms with van der Waals surface area (Å²) in [6.45, 7) is 10.3. The summed E-state index contributed by atoms with van der Waals surface area (Å²) in [5.41, 5.74) is 0.208. The lowest BCUT2D eigenvalue weighted by molar-refractivity contribution is 0.0692. The van der Waals surface area contributed by atoms with Gasteiger partial charge in [0, 0.05) is 0 Å². The second kappa shape index (κ2) is 11.6. The van der Waals surface area contributed by atoms with Crippen LogP contribution in [0.15, 0.2) is 24.3 Å². The highest BCUT2D eigenvalue weighted by Gasteiger charge is 2.08. The van der Waals surface area contributed by atoms with Crippen molar-refractivity contribution in [1.82, 2.24) is 0 Å². The number of aromatic carboxylic acids is 1. The summed E-state index contributed by atoms with van der Waals surface area (Å²) in [5.74, 6) is -0.536. The van der Waals surface area contributed by atoms with Gasteiger partial charge in [-0.2, -0.15) is 0 Å². The van der Waals surface area contributed by atoms with E-state index >= 15 is 0 Å². The molecule has 0 saturated carbocycles. The Morgan fingerprint density at radius 3 is 2.12 bits per heavy atom. The number of carboxylic acids is 1. The largest absolute Gasteiger partial charge is 0.493 e. The van der Waals surface area contributed by atoms with Crippen LogP contribution >= 0.6 is 0 Å². The van der Waals surface area contributed by atoms with E-state index in [2.05, 4.69) is 0 Å². The molecule has 1 N–H and O–H groups in total. The first-order valence-corrected chi connectivity index (χ1v) is 5.70. The van der Waals surface area contributed by atoms with Gasteiger partial charge in [0.2, 0.25) is 0 Å². The van der Waals surface area contributed by atoms with E-state index in [0.717, 1.165) is 0 Å². The summed E-state index contributed by atoms with van der Waals surface area (Å²) >= 11 is 0. The molecule has 0 spiro atoms. The Bertz CT molecular complexity index is 282. The smallest absolute Gasteiger partial charge is 0.339 e. The normalized spacial score (nSPS) is 7.81. The summed E-state index contributed by atoms with van der Waals surface area (Å²) < 4.78 is 5.12. The molecule has 0 aliphatic rings. The number of rotatable bonds is 3. The van der Waals surface area contributed by atoms with Gasteiger partial charge in [0.1, 0.15) is 11.3 Å². The molecule has 92 valence electrons. The average molecular weight is 226 g/mol. The maximum absolute atomic E-state index is 10.6. The van der Waals surface area contributed by atoms with E-state index in [1.807, 2.05) is 34.6 Å². The average Bonchev–Trinajstić information content (AvgIpc) is 2.35. The molecule has 0 atom stereocenters. The predicted molar refractivity (Wildman–Crippen MR) is 67.3 cm³/mol. The molecule has 1 aromatic rings. The van der Waals surface area contributed by atoms with E-state index in [1.54, 1.807) is 18.2 Å². The van der Waals surface area contributed by atoms with Crippen LogP contribution in [0, 0.1) is 0 Å². The molecule has 0 amide bonds. The highest BCUT2D eigenvalue weighted by atomic mass is 16.5. The molecular formula is C13H22O3. The first kappa shape index (κ1) is 16.9. The van der Waals surface area contributed by atoms with Gasteiger partial charge < -0.3 is 9.84 Å². The Morgan fingerprint density at radius 1 is 1.19 bits per heavy atom. The van der Waals surface area contributed by atoms with Crippen LogP contribution in [-0.2, 0) is 0 Å². The van der Waals surface area contributed by atoms with Crippen molar-refractivity contribution in [3.8, 4) is 5.75 Å². The molecule has 1 rings (SSSR count). The van der Waals surface area contributed by atoms with Crippen molar-refractivity contribution < 1.29 is 14.6 Å². The third-order valence-corrected chi connectivity index (χ3v) is 1.42. The van der Waals surface area contributed by atoms with E-state index in [1.165, 1.54) is 6.07 Å². The van der Waals surface area contributed by atoms with Gasteiger partial charge in [-0.25, -0.2) is 4.79 Å². The standard InChI is InChI=1S/C9H10O3.2C2H6/c1-2-12-8-6-4-3-5-7(8)9(10)11;2*1-2/h3-6H,2H2,1H3,(H,10,11);2*1-2H3. The minimum absolute atomic E-state index is 0.208. The van der Waals surface area contributed by atoms with E-state index in [4.69, 9.17) is 9.84 Å². The lowest BCUT2D eigenvalue weighted by Gasteiger charge is -2.05. The molecule has 3 heteroatoms. The first-order chi connectivity index (χ1) is 7.75. The van der Waals surface area contributed by atoms with Gasteiger partial charge in [-0.15, -0.1) is 0 Å². The zero-order chi connectivity index (χ0) is 13.0. The summed E-state index contributed by atoms with van der Waals surface area (Å²) in [6, 6.07) is 6.59. The summed E-state index contributed by atoms with van der Waals surface area (Å²) in [4.78, 5) is 10.6. The quantitative estimate of drug-likeness (QED) is 0.851. The van der Waals surface area contributed by atoms with Crippen LogP contribution in [0.3, 0.4) is 0 Å². The summed E-state index contributed by atoms with van der Waals surface area (Å²) in [7, 11) is 0. The van der Waals surface area contributed by atoms with Gasteiger partial charge in [-0.3, -0.25) is 0 Å². The third kappa shape index (κ3) is 6.06. The number of carbonyl (C=O) groups is 1. The molecule has 0 aliphatic heterocycles. The monoisotopic (exact) mass is 226 g/mol. The summed E-state index contributed by atoms with van der Waals surface area (Å²) in [5, 5.41) is 8.71.